The van der Waals surface area contributed by atoms with Crippen molar-refractivity contribution in [3.8, 4) is 6.07 Å². The first-order valence-corrected chi connectivity index (χ1v) is 5.99. The summed E-state index contributed by atoms with van der Waals surface area (Å²) < 4.78 is 13.5. The van der Waals surface area contributed by atoms with Crippen molar-refractivity contribution in [1.29, 1.82) is 5.26 Å². The fraction of sp³-hybridized carbons (Fsp3) is 0.308. The van der Waals surface area contributed by atoms with Crippen molar-refractivity contribution in [3.63, 3.8) is 0 Å². The van der Waals surface area contributed by atoms with Crippen LogP contribution in [0.25, 0.3) is 0 Å². The molecule has 0 aliphatic rings. The fourth-order valence-electron chi connectivity index (χ4n) is 1.46. The Morgan fingerprint density at radius 1 is 1.35 bits per heavy atom. The Balaban J connectivity index is 2.36. The van der Waals surface area contributed by atoms with Crippen LogP contribution in [0.5, 0.6) is 0 Å². The summed E-state index contributed by atoms with van der Waals surface area (Å²) in [5, 5.41) is 21.8. The van der Waals surface area contributed by atoms with Crippen molar-refractivity contribution < 1.29 is 19.1 Å². The first-order valence-electron chi connectivity index (χ1n) is 5.99. The normalized spacial score (nSPS) is 9.60. The molecule has 0 bridgehead atoms. The van der Waals surface area contributed by atoms with Crippen molar-refractivity contribution >= 4 is 17.7 Å². The number of hydrogen-bond acceptors (Lipinski definition) is 3. The third-order valence-electron chi connectivity index (χ3n) is 2.45. The number of carboxylic acids is 1. The molecule has 1 aromatic carbocycles. The molecule has 0 fully saturated rings. The lowest BCUT2D eigenvalue weighted by Gasteiger charge is -2.08. The molecule has 0 radical (unpaired) electrons. The number of halogens is 1. The highest BCUT2D eigenvalue weighted by Gasteiger charge is 2.07. The van der Waals surface area contributed by atoms with Crippen LogP contribution in [0.2, 0.25) is 0 Å². The summed E-state index contributed by atoms with van der Waals surface area (Å²) in [6, 6.07) is 4.94. The smallest absolute Gasteiger partial charge is 0.319 e. The second-order valence-corrected chi connectivity index (χ2v) is 4.04. The van der Waals surface area contributed by atoms with E-state index in [1.165, 1.54) is 12.1 Å². The van der Waals surface area contributed by atoms with Gasteiger partial charge in [0, 0.05) is 13.0 Å². The maximum atomic E-state index is 13.5. The van der Waals surface area contributed by atoms with E-state index in [-0.39, 0.29) is 17.7 Å². The minimum absolute atomic E-state index is 0.0213. The number of unbranched alkanes of at least 4 members (excludes halogenated alkanes) is 1. The van der Waals surface area contributed by atoms with Crippen molar-refractivity contribution in [2.75, 3.05) is 11.9 Å². The largest absolute Gasteiger partial charge is 0.481 e. The van der Waals surface area contributed by atoms with Gasteiger partial charge in [0.2, 0.25) is 0 Å². The molecule has 0 aromatic heterocycles. The average molecular weight is 279 g/mol. The van der Waals surface area contributed by atoms with Gasteiger partial charge in [0.25, 0.3) is 0 Å². The van der Waals surface area contributed by atoms with Crippen LogP contribution < -0.4 is 10.6 Å². The van der Waals surface area contributed by atoms with Crippen LogP contribution in [-0.4, -0.2) is 23.7 Å². The Hall–Kier alpha value is -2.62. The lowest BCUT2D eigenvalue weighted by molar-refractivity contribution is -0.137. The van der Waals surface area contributed by atoms with Gasteiger partial charge in [0.15, 0.2) is 0 Å². The number of hydrogen-bond donors (Lipinski definition) is 3. The highest BCUT2D eigenvalue weighted by atomic mass is 19.1. The minimum atomic E-state index is -0.880. The summed E-state index contributed by atoms with van der Waals surface area (Å²) in [5.74, 6) is -1.57. The molecule has 106 valence electrons. The van der Waals surface area contributed by atoms with Crippen molar-refractivity contribution in [2.24, 2.45) is 0 Å². The summed E-state index contributed by atoms with van der Waals surface area (Å²) in [7, 11) is 0. The summed E-state index contributed by atoms with van der Waals surface area (Å²) >= 11 is 0. The molecule has 0 aliphatic heterocycles. The van der Waals surface area contributed by atoms with Gasteiger partial charge in [-0.05, 0) is 31.0 Å². The van der Waals surface area contributed by atoms with Gasteiger partial charge < -0.3 is 15.7 Å². The van der Waals surface area contributed by atoms with E-state index < -0.39 is 17.8 Å². The van der Waals surface area contributed by atoms with E-state index in [2.05, 4.69) is 10.6 Å². The van der Waals surface area contributed by atoms with E-state index in [4.69, 9.17) is 10.4 Å². The highest BCUT2D eigenvalue weighted by molar-refractivity contribution is 5.89. The van der Waals surface area contributed by atoms with Crippen LogP contribution in [-0.2, 0) is 4.79 Å². The molecule has 7 heteroatoms. The maximum absolute atomic E-state index is 13.5. The van der Waals surface area contributed by atoms with Crippen molar-refractivity contribution in [2.45, 2.75) is 19.3 Å². The first-order chi connectivity index (χ1) is 9.52. The molecule has 0 heterocycles. The van der Waals surface area contributed by atoms with E-state index in [0.29, 0.717) is 19.4 Å². The van der Waals surface area contributed by atoms with Crippen LogP contribution in [0.1, 0.15) is 24.8 Å². The van der Waals surface area contributed by atoms with Gasteiger partial charge in [-0.25, -0.2) is 9.18 Å². The molecule has 1 aromatic rings. The number of carbonyl (C=O) groups is 2. The Morgan fingerprint density at radius 2 is 2.10 bits per heavy atom. The molecular weight excluding hydrogens is 265 g/mol. The van der Waals surface area contributed by atoms with E-state index >= 15 is 0 Å². The molecule has 0 atom stereocenters. The predicted molar refractivity (Wildman–Crippen MR) is 69.6 cm³/mol. The first kappa shape index (κ1) is 15.4. The molecule has 6 nitrogen and oxygen atoms in total. The standard InChI is InChI=1S/C13H14FN3O3/c14-10-7-9(8-15)4-5-11(10)17-13(20)16-6-2-1-3-12(18)19/h4-5,7H,1-3,6H2,(H,18,19)(H2,16,17,20). The number of anilines is 1. The Labute approximate surface area is 115 Å². The number of nitriles is 1. The predicted octanol–water partition coefficient (Wildman–Crippen LogP) is 2.07. The quantitative estimate of drug-likeness (QED) is 0.693. The number of benzene rings is 1. The van der Waals surface area contributed by atoms with E-state index in [1.807, 2.05) is 0 Å². The number of amides is 2. The Kier molecular flexibility index (Phi) is 5.97. The molecule has 0 aliphatic carbocycles. The van der Waals surface area contributed by atoms with Crippen LogP contribution in [0.3, 0.4) is 0 Å². The van der Waals surface area contributed by atoms with E-state index in [1.54, 1.807) is 6.07 Å². The summed E-state index contributed by atoms with van der Waals surface area (Å²) in [4.78, 5) is 21.7. The van der Waals surface area contributed by atoms with E-state index in [0.717, 1.165) is 6.07 Å². The Morgan fingerprint density at radius 3 is 2.70 bits per heavy atom. The van der Waals surface area contributed by atoms with Crippen LogP contribution in [0.4, 0.5) is 14.9 Å². The van der Waals surface area contributed by atoms with Gasteiger partial charge in [0.1, 0.15) is 5.82 Å². The third-order valence-corrected chi connectivity index (χ3v) is 2.45. The summed E-state index contributed by atoms with van der Waals surface area (Å²) in [6.45, 7) is 0.303. The second kappa shape index (κ2) is 7.74. The Bertz CT molecular complexity index is 540. The third kappa shape index (κ3) is 5.35. The topological polar surface area (TPSA) is 102 Å². The molecular formula is C13H14FN3O3. The molecule has 1 rings (SSSR count). The van der Waals surface area contributed by atoms with Gasteiger partial charge >= 0.3 is 12.0 Å². The number of urea groups is 1. The molecule has 3 N–H and O–H groups in total. The van der Waals surface area contributed by atoms with E-state index in [9.17, 15) is 14.0 Å². The number of nitrogens with zero attached hydrogens (tertiary/aromatic N) is 1. The number of rotatable bonds is 6. The zero-order valence-corrected chi connectivity index (χ0v) is 10.6. The molecule has 0 saturated carbocycles. The zero-order chi connectivity index (χ0) is 15.0. The van der Waals surface area contributed by atoms with Gasteiger partial charge in [-0.2, -0.15) is 5.26 Å². The number of aliphatic carboxylic acids is 1. The van der Waals surface area contributed by atoms with Crippen LogP contribution in [0, 0.1) is 17.1 Å². The number of carbonyl (C=O) groups excluding carboxylic acids is 1. The summed E-state index contributed by atoms with van der Waals surface area (Å²) in [6.07, 6.45) is 1.03. The minimum Gasteiger partial charge on any atom is -0.481 e. The molecule has 0 spiro atoms. The number of carboxylic acid groups (broad SMARTS) is 1. The van der Waals surface area contributed by atoms with Gasteiger partial charge in [-0.3, -0.25) is 4.79 Å². The lowest BCUT2D eigenvalue weighted by Crippen LogP contribution is -2.29. The number of nitrogens with one attached hydrogen (secondary N) is 2. The molecule has 20 heavy (non-hydrogen) atoms. The van der Waals surface area contributed by atoms with Gasteiger partial charge in [0.05, 0.1) is 17.3 Å². The molecule has 0 unspecified atom stereocenters. The highest BCUT2D eigenvalue weighted by Crippen LogP contribution is 2.14. The van der Waals surface area contributed by atoms with Crippen molar-refractivity contribution in [1.82, 2.24) is 5.32 Å². The monoisotopic (exact) mass is 279 g/mol. The maximum Gasteiger partial charge on any atom is 0.319 e. The molecule has 2 amide bonds. The van der Waals surface area contributed by atoms with Crippen LogP contribution in [0.15, 0.2) is 18.2 Å². The molecule has 0 saturated heterocycles. The second-order valence-electron chi connectivity index (χ2n) is 4.04. The summed E-state index contributed by atoms with van der Waals surface area (Å²) in [5.41, 5.74) is 0.147. The van der Waals surface area contributed by atoms with Gasteiger partial charge in [-0.1, -0.05) is 0 Å². The lowest BCUT2D eigenvalue weighted by atomic mass is 10.2. The van der Waals surface area contributed by atoms with Crippen LogP contribution >= 0.6 is 0 Å². The van der Waals surface area contributed by atoms with Crippen molar-refractivity contribution in [3.05, 3.63) is 29.6 Å². The zero-order valence-electron chi connectivity index (χ0n) is 10.6. The SMILES string of the molecule is N#Cc1ccc(NC(=O)NCCCCC(=O)O)c(F)c1. The van der Waals surface area contributed by atoms with Gasteiger partial charge in [-0.15, -0.1) is 0 Å². The fourth-order valence-corrected chi connectivity index (χ4v) is 1.46. The average Bonchev–Trinajstić information content (AvgIpc) is 2.40.